The van der Waals surface area contributed by atoms with Gasteiger partial charge in [-0.3, -0.25) is 0 Å². The van der Waals surface area contributed by atoms with Crippen LogP contribution < -0.4 is 10.1 Å². The van der Waals surface area contributed by atoms with Gasteiger partial charge in [-0.2, -0.15) is 0 Å². The summed E-state index contributed by atoms with van der Waals surface area (Å²) < 4.78 is 12.4. The van der Waals surface area contributed by atoms with Crippen molar-refractivity contribution in [2.45, 2.75) is 13.0 Å². The Morgan fingerprint density at radius 2 is 2.11 bits per heavy atom. The average molecular weight is 389 g/mol. The normalized spacial score (nSPS) is 10.7. The van der Waals surface area contributed by atoms with Gasteiger partial charge in [0.2, 0.25) is 0 Å². The van der Waals surface area contributed by atoms with E-state index in [1.165, 1.54) is 5.56 Å². The summed E-state index contributed by atoms with van der Waals surface area (Å²) in [5, 5.41) is 3.35. The van der Waals surface area contributed by atoms with E-state index in [0.717, 1.165) is 33.6 Å². The largest absolute Gasteiger partial charge is 0.497 e. The van der Waals surface area contributed by atoms with Gasteiger partial charge in [-0.25, -0.2) is 0 Å². The molecule has 1 aromatic carbocycles. The predicted octanol–water partition coefficient (Wildman–Crippen LogP) is 4.15. The van der Waals surface area contributed by atoms with Crippen LogP contribution in [0.15, 0.2) is 43.9 Å². The van der Waals surface area contributed by atoms with Crippen LogP contribution in [0.2, 0.25) is 0 Å². The van der Waals surface area contributed by atoms with Crippen molar-refractivity contribution >= 4 is 31.9 Å². The molecule has 0 aliphatic heterocycles. The number of hydrogen-bond acceptors (Lipinski definition) is 3. The Kier molecular flexibility index (Phi) is 5.48. The molecule has 1 heterocycles. The fourth-order valence-electron chi connectivity index (χ4n) is 1.75. The molecule has 0 fully saturated rings. The van der Waals surface area contributed by atoms with E-state index in [4.69, 9.17) is 9.15 Å². The zero-order chi connectivity index (χ0) is 13.7. The molecule has 0 unspecified atom stereocenters. The molecule has 0 bridgehead atoms. The van der Waals surface area contributed by atoms with E-state index in [-0.39, 0.29) is 0 Å². The molecule has 0 amide bonds. The van der Waals surface area contributed by atoms with Crippen molar-refractivity contribution in [2.24, 2.45) is 0 Å². The van der Waals surface area contributed by atoms with Crippen LogP contribution in [-0.4, -0.2) is 13.7 Å². The lowest BCUT2D eigenvalue weighted by atomic mass is 10.1. The van der Waals surface area contributed by atoms with Crippen molar-refractivity contribution in [3.05, 3.63) is 50.8 Å². The van der Waals surface area contributed by atoms with E-state index >= 15 is 0 Å². The molecule has 0 saturated heterocycles. The minimum Gasteiger partial charge on any atom is -0.497 e. The van der Waals surface area contributed by atoms with Gasteiger partial charge in [0, 0.05) is 0 Å². The number of methoxy groups -OCH3 is 1. The molecule has 0 aliphatic carbocycles. The van der Waals surface area contributed by atoms with Crippen molar-refractivity contribution in [3.63, 3.8) is 0 Å². The van der Waals surface area contributed by atoms with Crippen molar-refractivity contribution in [1.82, 2.24) is 5.32 Å². The van der Waals surface area contributed by atoms with Crippen molar-refractivity contribution in [3.8, 4) is 5.75 Å². The highest BCUT2D eigenvalue weighted by molar-refractivity contribution is 9.13. The third-order valence-electron chi connectivity index (χ3n) is 2.72. The predicted molar refractivity (Wildman–Crippen MR) is 82.5 cm³/mol. The van der Waals surface area contributed by atoms with Crippen LogP contribution in [0.25, 0.3) is 0 Å². The number of nitrogens with one attached hydrogen (secondary N) is 1. The summed E-state index contributed by atoms with van der Waals surface area (Å²) in [6.45, 7) is 1.61. The molecule has 5 heteroatoms. The highest BCUT2D eigenvalue weighted by Crippen LogP contribution is 2.26. The van der Waals surface area contributed by atoms with E-state index < -0.39 is 0 Å². The third-order valence-corrected chi connectivity index (χ3v) is 4.43. The minimum atomic E-state index is 0.716. The first kappa shape index (κ1) is 14.6. The number of halogens is 2. The van der Waals surface area contributed by atoms with Gasteiger partial charge in [0.25, 0.3) is 0 Å². The third kappa shape index (κ3) is 4.37. The van der Waals surface area contributed by atoms with Crippen LogP contribution in [0.1, 0.15) is 11.3 Å². The van der Waals surface area contributed by atoms with E-state index in [9.17, 15) is 0 Å². The highest BCUT2D eigenvalue weighted by Gasteiger charge is 2.05. The SMILES string of the molecule is COc1cccc(CCNCc2cc(Br)c(Br)o2)c1. The maximum Gasteiger partial charge on any atom is 0.183 e. The lowest BCUT2D eigenvalue weighted by Crippen LogP contribution is -2.16. The van der Waals surface area contributed by atoms with Crippen LogP contribution in [0.4, 0.5) is 0 Å². The second-order valence-electron chi connectivity index (χ2n) is 4.11. The summed E-state index contributed by atoms with van der Waals surface area (Å²) in [5.41, 5.74) is 1.26. The minimum absolute atomic E-state index is 0.716. The van der Waals surface area contributed by atoms with Crippen molar-refractivity contribution in [2.75, 3.05) is 13.7 Å². The van der Waals surface area contributed by atoms with Gasteiger partial charge < -0.3 is 14.5 Å². The van der Waals surface area contributed by atoms with Crippen molar-refractivity contribution < 1.29 is 9.15 Å². The number of ether oxygens (including phenoxy) is 1. The number of rotatable bonds is 6. The van der Waals surface area contributed by atoms with Crippen LogP contribution in [0.5, 0.6) is 5.75 Å². The summed E-state index contributed by atoms with van der Waals surface area (Å²) in [4.78, 5) is 0. The molecule has 2 aromatic rings. The molecule has 0 atom stereocenters. The van der Waals surface area contributed by atoms with E-state index in [1.807, 2.05) is 18.2 Å². The van der Waals surface area contributed by atoms with E-state index in [1.54, 1.807) is 7.11 Å². The summed E-state index contributed by atoms with van der Waals surface area (Å²) >= 11 is 6.72. The van der Waals surface area contributed by atoms with Crippen LogP contribution in [-0.2, 0) is 13.0 Å². The molecule has 19 heavy (non-hydrogen) atoms. The fourth-order valence-corrected chi connectivity index (χ4v) is 2.41. The molecule has 102 valence electrons. The first-order valence-corrected chi connectivity index (χ1v) is 7.55. The first-order valence-electron chi connectivity index (χ1n) is 5.96. The zero-order valence-electron chi connectivity index (χ0n) is 10.6. The topological polar surface area (TPSA) is 34.4 Å². The second kappa shape index (κ2) is 7.12. The number of hydrogen-bond donors (Lipinski definition) is 1. The van der Waals surface area contributed by atoms with Gasteiger partial charge in [0.05, 0.1) is 18.1 Å². The molecular weight excluding hydrogens is 374 g/mol. The van der Waals surface area contributed by atoms with Crippen molar-refractivity contribution in [1.29, 1.82) is 0 Å². The van der Waals surface area contributed by atoms with Gasteiger partial charge in [-0.15, -0.1) is 0 Å². The van der Waals surface area contributed by atoms with Gasteiger partial charge in [0.1, 0.15) is 11.5 Å². The quantitative estimate of drug-likeness (QED) is 0.755. The van der Waals surface area contributed by atoms with E-state index in [2.05, 4.69) is 49.3 Å². The monoisotopic (exact) mass is 387 g/mol. The average Bonchev–Trinajstić information content (AvgIpc) is 2.74. The smallest absolute Gasteiger partial charge is 0.183 e. The Hall–Kier alpha value is -0.780. The second-order valence-corrected chi connectivity index (χ2v) is 5.69. The van der Waals surface area contributed by atoms with Gasteiger partial charge >= 0.3 is 0 Å². The Morgan fingerprint density at radius 1 is 1.26 bits per heavy atom. The highest BCUT2D eigenvalue weighted by atomic mass is 79.9. The van der Waals surface area contributed by atoms with Crippen LogP contribution in [0, 0.1) is 0 Å². The lowest BCUT2D eigenvalue weighted by molar-refractivity contribution is 0.414. The molecule has 2 rings (SSSR count). The van der Waals surface area contributed by atoms with E-state index in [0.29, 0.717) is 6.54 Å². The Bertz CT molecular complexity index is 520. The van der Waals surface area contributed by atoms with Gasteiger partial charge in [0.15, 0.2) is 4.67 Å². The van der Waals surface area contributed by atoms with Crippen LogP contribution in [0.3, 0.4) is 0 Å². The summed E-state index contributed by atoms with van der Waals surface area (Å²) in [6.07, 6.45) is 0.959. The fraction of sp³-hybridized carbons (Fsp3) is 0.286. The van der Waals surface area contributed by atoms with Gasteiger partial charge in [-0.1, -0.05) is 12.1 Å². The molecule has 0 spiro atoms. The van der Waals surface area contributed by atoms with Crippen LogP contribution >= 0.6 is 31.9 Å². The molecule has 1 N–H and O–H groups in total. The van der Waals surface area contributed by atoms with Gasteiger partial charge in [-0.05, 0) is 68.6 Å². The zero-order valence-corrected chi connectivity index (χ0v) is 13.8. The summed E-state index contributed by atoms with van der Waals surface area (Å²) in [7, 11) is 1.68. The summed E-state index contributed by atoms with van der Waals surface area (Å²) in [5.74, 6) is 1.81. The maximum atomic E-state index is 5.49. The first-order chi connectivity index (χ1) is 9.19. The molecular formula is C14H15Br2NO2. The molecule has 0 radical (unpaired) electrons. The maximum absolute atomic E-state index is 5.49. The molecule has 0 saturated carbocycles. The summed E-state index contributed by atoms with van der Waals surface area (Å²) in [6, 6.07) is 10.1. The number of furan rings is 1. The molecule has 1 aromatic heterocycles. The standard InChI is InChI=1S/C14H15Br2NO2/c1-18-11-4-2-3-10(7-11)5-6-17-9-12-8-13(15)14(16)19-12/h2-4,7-8,17H,5-6,9H2,1H3. The lowest BCUT2D eigenvalue weighted by Gasteiger charge is -2.05. The molecule has 3 nitrogen and oxygen atoms in total. The Balaban J connectivity index is 1.77. The Morgan fingerprint density at radius 3 is 2.79 bits per heavy atom. The number of benzene rings is 1. The Labute approximate surface area is 129 Å². The molecule has 0 aliphatic rings.